The molecule has 11 N–H and O–H groups in total. The van der Waals surface area contributed by atoms with E-state index in [2.05, 4.69) is 30.0 Å². The summed E-state index contributed by atoms with van der Waals surface area (Å²) in [6, 6.07) is -1.19. The average Bonchev–Trinajstić information content (AvgIpc) is 2.83. The van der Waals surface area contributed by atoms with E-state index in [1.807, 2.05) is 0 Å². The van der Waals surface area contributed by atoms with Gasteiger partial charge in [-0.25, -0.2) is 24.1 Å². The van der Waals surface area contributed by atoms with Crippen molar-refractivity contribution in [1.29, 1.82) is 0 Å². The summed E-state index contributed by atoms with van der Waals surface area (Å²) in [5.41, 5.74) is 0. The number of amides is 2. The minimum absolute atomic E-state index is 0.00299. The normalized spacial score (nSPS) is 14.1. The van der Waals surface area contributed by atoms with Crippen molar-refractivity contribution in [3.05, 3.63) is 0 Å². The number of nitrogens with zero attached hydrogens (tertiary/aromatic N) is 4. The Labute approximate surface area is 227 Å². The van der Waals surface area contributed by atoms with E-state index in [1.54, 1.807) is 0 Å². The smallest absolute Gasteiger partial charge is 0.326 e. The molecular formula is C18H38N6O16. The molecule has 3 atom stereocenters. The van der Waals surface area contributed by atoms with Crippen LogP contribution in [0.5, 0.6) is 0 Å². The summed E-state index contributed by atoms with van der Waals surface area (Å²) in [7, 11) is 0. The standard InChI is InChI=1S/C18H38N6O16/c25-16(8-3-5-13(39-23(33)34)11-37-21(29)30)19-10-2-1-7-15(18(27)28)20-17(26)9-4-6-14(40-24(35)36)12-38-22(31)32/h13-15,29-36H,1-12H2,(H,19,25)(H,20,26)(H,27,28). The van der Waals surface area contributed by atoms with Crippen LogP contribution in [0.25, 0.3) is 0 Å². The van der Waals surface area contributed by atoms with Crippen molar-refractivity contribution in [1.82, 2.24) is 32.2 Å². The van der Waals surface area contributed by atoms with Gasteiger partial charge in [-0.05, 0) is 44.9 Å². The van der Waals surface area contributed by atoms with Crippen LogP contribution < -0.4 is 10.6 Å². The van der Waals surface area contributed by atoms with Gasteiger partial charge in [-0.15, -0.1) is 0 Å². The predicted molar refractivity (Wildman–Crippen MR) is 117 cm³/mol. The molecule has 0 saturated carbocycles. The Kier molecular flexibility index (Phi) is 21.2. The first-order chi connectivity index (χ1) is 18.8. The molecule has 0 aliphatic heterocycles. The number of carboxylic acids is 1. The van der Waals surface area contributed by atoms with E-state index in [0.717, 1.165) is 0 Å². The van der Waals surface area contributed by atoms with Crippen LogP contribution in [-0.2, 0) is 33.7 Å². The minimum atomic E-state index is -1.26. The Balaban J connectivity index is 4.25. The van der Waals surface area contributed by atoms with E-state index in [-0.39, 0.29) is 57.4 Å². The molecule has 0 aromatic carbocycles. The fourth-order valence-electron chi connectivity index (χ4n) is 3.19. The zero-order chi connectivity index (χ0) is 30.5. The van der Waals surface area contributed by atoms with E-state index < -0.39 is 64.9 Å². The van der Waals surface area contributed by atoms with Gasteiger partial charge in [0.25, 0.3) is 0 Å². The molecule has 0 saturated heterocycles. The number of hydrogen-bond donors (Lipinski definition) is 11. The number of hydrogen-bond acceptors (Lipinski definition) is 19. The summed E-state index contributed by atoms with van der Waals surface area (Å²) in [4.78, 5) is 53.2. The van der Waals surface area contributed by atoms with E-state index in [1.165, 1.54) is 0 Å². The van der Waals surface area contributed by atoms with Gasteiger partial charge in [0.15, 0.2) is 0 Å². The summed E-state index contributed by atoms with van der Waals surface area (Å²) in [6.07, 6.45) is -0.975. The van der Waals surface area contributed by atoms with Crippen LogP contribution >= 0.6 is 0 Å². The highest BCUT2D eigenvalue weighted by Crippen LogP contribution is 2.10. The lowest BCUT2D eigenvalue weighted by molar-refractivity contribution is -0.527. The maximum absolute atomic E-state index is 12.1. The van der Waals surface area contributed by atoms with Gasteiger partial charge in [0.1, 0.15) is 31.5 Å². The molecule has 22 nitrogen and oxygen atoms in total. The summed E-state index contributed by atoms with van der Waals surface area (Å²) in [5.74, 6) is -2.20. The Morgan fingerprint density at radius 2 is 1.10 bits per heavy atom. The molecule has 0 spiro atoms. The van der Waals surface area contributed by atoms with Crippen LogP contribution in [0, 0.1) is 0 Å². The van der Waals surface area contributed by atoms with Crippen LogP contribution in [0.1, 0.15) is 57.8 Å². The zero-order valence-corrected chi connectivity index (χ0v) is 21.4. The molecule has 0 fully saturated rings. The third-order valence-electron chi connectivity index (χ3n) is 4.97. The molecule has 40 heavy (non-hydrogen) atoms. The largest absolute Gasteiger partial charge is 0.480 e. The predicted octanol–water partition coefficient (Wildman–Crippen LogP) is -1.03. The van der Waals surface area contributed by atoms with Crippen molar-refractivity contribution in [3.63, 3.8) is 0 Å². The molecule has 2 amide bonds. The molecule has 3 unspecified atom stereocenters. The first-order valence-corrected chi connectivity index (χ1v) is 11.9. The van der Waals surface area contributed by atoms with Gasteiger partial charge < -0.3 is 15.7 Å². The van der Waals surface area contributed by atoms with Crippen molar-refractivity contribution >= 4 is 17.8 Å². The molecule has 0 aromatic heterocycles. The second kappa shape index (κ2) is 22.5. The highest BCUT2D eigenvalue weighted by atomic mass is 17.1. The lowest BCUT2D eigenvalue weighted by Crippen LogP contribution is -2.41. The first kappa shape index (κ1) is 37.8. The molecule has 0 bridgehead atoms. The quantitative estimate of drug-likeness (QED) is 0.0444. The van der Waals surface area contributed by atoms with Gasteiger partial charge in [-0.3, -0.25) is 51.2 Å². The maximum Gasteiger partial charge on any atom is 0.326 e. The van der Waals surface area contributed by atoms with Crippen LogP contribution in [-0.4, -0.2) is 124 Å². The Bertz CT molecular complexity index is 703. The third kappa shape index (κ3) is 22.6. The molecule has 236 valence electrons. The highest BCUT2D eigenvalue weighted by Gasteiger charge is 2.21. The molecule has 0 aromatic rings. The highest BCUT2D eigenvalue weighted by molar-refractivity contribution is 5.83. The SMILES string of the molecule is O=C(CCCC(CON(O)O)ON(O)O)NCCCCC(NC(=O)CCCC(CON(O)O)ON(O)O)C(=O)O. The van der Waals surface area contributed by atoms with E-state index in [0.29, 0.717) is 12.8 Å². The summed E-state index contributed by atoms with van der Waals surface area (Å²) in [5, 5.41) is 80.9. The molecule has 22 heteroatoms. The number of carbonyl (C=O) groups excluding carboxylic acids is 2. The van der Waals surface area contributed by atoms with Gasteiger partial charge in [-0.1, -0.05) is 0 Å². The van der Waals surface area contributed by atoms with Gasteiger partial charge in [0.2, 0.25) is 11.8 Å². The Morgan fingerprint density at radius 3 is 1.52 bits per heavy atom. The monoisotopic (exact) mass is 594 g/mol. The van der Waals surface area contributed by atoms with Gasteiger partial charge in [0, 0.05) is 19.4 Å². The van der Waals surface area contributed by atoms with Crippen molar-refractivity contribution < 1.29 is 80.5 Å². The minimum Gasteiger partial charge on any atom is -0.480 e. The lowest BCUT2D eigenvalue weighted by Gasteiger charge is -2.19. The summed E-state index contributed by atoms with van der Waals surface area (Å²) < 4.78 is 0. The van der Waals surface area contributed by atoms with Crippen LogP contribution in [0.15, 0.2) is 0 Å². The number of rotatable bonds is 25. The number of carboxylic acid groups (broad SMARTS) is 1. The molecule has 0 radical (unpaired) electrons. The molecule has 0 aliphatic rings. The van der Waals surface area contributed by atoms with Crippen molar-refractivity contribution in [2.45, 2.75) is 76.0 Å². The molecule has 0 heterocycles. The molecule has 0 rings (SSSR count). The van der Waals surface area contributed by atoms with E-state index in [9.17, 15) is 19.5 Å². The van der Waals surface area contributed by atoms with Gasteiger partial charge >= 0.3 is 5.97 Å². The van der Waals surface area contributed by atoms with Crippen LogP contribution in [0.4, 0.5) is 0 Å². The first-order valence-electron chi connectivity index (χ1n) is 11.9. The zero-order valence-electron chi connectivity index (χ0n) is 21.4. The van der Waals surface area contributed by atoms with Crippen LogP contribution in [0.2, 0.25) is 0 Å². The maximum atomic E-state index is 12.1. The van der Waals surface area contributed by atoms with Crippen molar-refractivity contribution in [3.8, 4) is 0 Å². The number of aliphatic carboxylic acids is 1. The average molecular weight is 595 g/mol. The molecular weight excluding hydrogens is 556 g/mol. The van der Waals surface area contributed by atoms with Crippen LogP contribution in [0.3, 0.4) is 0 Å². The van der Waals surface area contributed by atoms with Crippen molar-refractivity contribution in [2.75, 3.05) is 19.8 Å². The lowest BCUT2D eigenvalue weighted by atomic mass is 10.1. The molecule has 0 aliphatic carbocycles. The summed E-state index contributed by atoms with van der Waals surface area (Å²) in [6.45, 7) is -0.745. The Hall–Kier alpha value is -2.23. The van der Waals surface area contributed by atoms with Crippen molar-refractivity contribution in [2.24, 2.45) is 0 Å². The van der Waals surface area contributed by atoms with Gasteiger partial charge in [-0.2, -0.15) is 0 Å². The number of unbranched alkanes of at least 4 members (excludes halogenated alkanes) is 1. The van der Waals surface area contributed by atoms with E-state index in [4.69, 9.17) is 41.7 Å². The summed E-state index contributed by atoms with van der Waals surface area (Å²) >= 11 is 0. The fourth-order valence-corrected chi connectivity index (χ4v) is 3.19. The second-order valence-electron chi connectivity index (χ2n) is 8.15. The van der Waals surface area contributed by atoms with E-state index >= 15 is 0 Å². The fraction of sp³-hybridized carbons (Fsp3) is 0.833. The number of nitrogens with one attached hydrogen (secondary N) is 2. The second-order valence-corrected chi connectivity index (χ2v) is 8.15. The topological polar surface area (TPSA) is 307 Å². The number of carbonyl (C=O) groups is 3. The third-order valence-corrected chi connectivity index (χ3v) is 4.97. The van der Waals surface area contributed by atoms with Gasteiger partial charge in [0.05, 0.1) is 21.6 Å². The Morgan fingerprint density at radius 1 is 0.625 bits per heavy atom.